The Labute approximate surface area is 146 Å². The van der Waals surface area contributed by atoms with Crippen molar-refractivity contribution in [2.24, 2.45) is 5.92 Å². The number of amides is 2. The van der Waals surface area contributed by atoms with Crippen LogP contribution in [0.1, 0.15) is 43.0 Å². The van der Waals surface area contributed by atoms with E-state index in [9.17, 15) is 14.4 Å². The smallest absolute Gasteiger partial charge is 0.309 e. The molecule has 0 atom stereocenters. The van der Waals surface area contributed by atoms with Gasteiger partial charge in [-0.15, -0.1) is 0 Å². The minimum absolute atomic E-state index is 0.0844. The van der Waals surface area contributed by atoms with Crippen LogP contribution in [0.25, 0.3) is 0 Å². The summed E-state index contributed by atoms with van der Waals surface area (Å²) >= 11 is 1.48. The van der Waals surface area contributed by atoms with Crippen molar-refractivity contribution in [2.45, 2.75) is 32.6 Å². The van der Waals surface area contributed by atoms with Crippen LogP contribution in [-0.2, 0) is 14.3 Å². The lowest BCUT2D eigenvalue weighted by Crippen LogP contribution is -2.40. The molecule has 2 heterocycles. The Morgan fingerprint density at radius 3 is 2.71 bits per heavy atom. The highest BCUT2D eigenvalue weighted by molar-refractivity contribution is 7.08. The van der Waals surface area contributed by atoms with Gasteiger partial charge in [-0.05, 0) is 37.6 Å². The van der Waals surface area contributed by atoms with Crippen molar-refractivity contribution in [1.29, 1.82) is 0 Å². The molecule has 0 bridgehead atoms. The van der Waals surface area contributed by atoms with Crippen molar-refractivity contribution in [2.75, 3.05) is 26.2 Å². The molecule has 1 N–H and O–H groups in total. The zero-order chi connectivity index (χ0) is 17.4. The first-order valence-corrected chi connectivity index (χ1v) is 9.31. The molecule has 1 aromatic heterocycles. The second-order valence-corrected chi connectivity index (χ2v) is 6.56. The van der Waals surface area contributed by atoms with Gasteiger partial charge in [0.1, 0.15) is 0 Å². The first kappa shape index (κ1) is 18.4. The van der Waals surface area contributed by atoms with Crippen molar-refractivity contribution in [3.05, 3.63) is 22.4 Å². The van der Waals surface area contributed by atoms with E-state index in [-0.39, 0.29) is 23.7 Å². The molecule has 2 rings (SSSR count). The van der Waals surface area contributed by atoms with Gasteiger partial charge in [0.25, 0.3) is 5.91 Å². The number of hydrogen-bond acceptors (Lipinski definition) is 5. The van der Waals surface area contributed by atoms with E-state index in [1.807, 2.05) is 5.38 Å². The molecule has 1 aromatic rings. The molecule has 7 heteroatoms. The van der Waals surface area contributed by atoms with Gasteiger partial charge in [-0.2, -0.15) is 11.3 Å². The number of piperidine rings is 1. The average Bonchev–Trinajstić information content (AvgIpc) is 3.13. The van der Waals surface area contributed by atoms with Crippen molar-refractivity contribution in [3.8, 4) is 0 Å². The maximum atomic E-state index is 12.2. The zero-order valence-electron chi connectivity index (χ0n) is 14.0. The molecule has 0 saturated carbocycles. The van der Waals surface area contributed by atoms with E-state index in [1.165, 1.54) is 11.3 Å². The maximum Gasteiger partial charge on any atom is 0.309 e. The Kier molecular flexibility index (Phi) is 7.24. The summed E-state index contributed by atoms with van der Waals surface area (Å²) in [5.41, 5.74) is 0.660. The van der Waals surface area contributed by atoms with Crippen molar-refractivity contribution in [3.63, 3.8) is 0 Å². The van der Waals surface area contributed by atoms with Crippen molar-refractivity contribution >= 4 is 29.1 Å². The number of thiophene rings is 1. The van der Waals surface area contributed by atoms with Crippen LogP contribution < -0.4 is 5.32 Å². The molecule has 2 amide bonds. The third kappa shape index (κ3) is 5.33. The summed E-state index contributed by atoms with van der Waals surface area (Å²) in [6.45, 7) is 3.88. The Hall–Kier alpha value is -1.89. The molecule has 24 heavy (non-hydrogen) atoms. The third-order valence-electron chi connectivity index (χ3n) is 4.10. The third-order valence-corrected chi connectivity index (χ3v) is 4.79. The topological polar surface area (TPSA) is 75.7 Å². The molecule has 1 fully saturated rings. The monoisotopic (exact) mass is 352 g/mol. The van der Waals surface area contributed by atoms with Crippen LogP contribution >= 0.6 is 11.3 Å². The van der Waals surface area contributed by atoms with Gasteiger partial charge in [-0.1, -0.05) is 0 Å². The van der Waals surface area contributed by atoms with Gasteiger partial charge in [-0.25, -0.2) is 0 Å². The van der Waals surface area contributed by atoms with Crippen LogP contribution in [0.5, 0.6) is 0 Å². The lowest BCUT2D eigenvalue weighted by Gasteiger charge is -2.31. The molecule has 1 aliphatic rings. The van der Waals surface area contributed by atoms with E-state index in [2.05, 4.69) is 5.32 Å². The summed E-state index contributed by atoms with van der Waals surface area (Å²) in [4.78, 5) is 37.4. The maximum absolute atomic E-state index is 12.2. The molecule has 0 aliphatic carbocycles. The summed E-state index contributed by atoms with van der Waals surface area (Å²) in [7, 11) is 0. The highest BCUT2D eigenvalue weighted by Gasteiger charge is 2.27. The highest BCUT2D eigenvalue weighted by atomic mass is 32.1. The number of nitrogens with one attached hydrogen (secondary N) is 1. The van der Waals surface area contributed by atoms with Gasteiger partial charge >= 0.3 is 5.97 Å². The number of carbonyl (C=O) groups excluding carboxylic acids is 3. The lowest BCUT2D eigenvalue weighted by molar-refractivity contribution is -0.151. The van der Waals surface area contributed by atoms with E-state index >= 15 is 0 Å². The molecule has 132 valence electrons. The zero-order valence-corrected chi connectivity index (χ0v) is 14.8. The predicted molar refractivity (Wildman–Crippen MR) is 91.8 cm³/mol. The molecular formula is C17H24N2O4S. The number of esters is 1. The van der Waals surface area contributed by atoms with E-state index in [4.69, 9.17) is 4.74 Å². The fourth-order valence-corrected chi connectivity index (χ4v) is 3.36. The Morgan fingerprint density at radius 2 is 2.08 bits per heavy atom. The van der Waals surface area contributed by atoms with Gasteiger partial charge in [0, 0.05) is 37.0 Å². The Balaban J connectivity index is 1.61. The van der Waals surface area contributed by atoms with Crippen molar-refractivity contribution < 1.29 is 19.1 Å². The van der Waals surface area contributed by atoms with Gasteiger partial charge in [-0.3, -0.25) is 14.4 Å². The largest absolute Gasteiger partial charge is 0.466 e. The highest BCUT2D eigenvalue weighted by Crippen LogP contribution is 2.19. The minimum atomic E-state index is -0.152. The second-order valence-electron chi connectivity index (χ2n) is 5.78. The van der Waals surface area contributed by atoms with Crippen LogP contribution in [0.15, 0.2) is 16.8 Å². The number of rotatable bonds is 7. The molecular weight excluding hydrogens is 328 g/mol. The molecule has 1 saturated heterocycles. The fourth-order valence-electron chi connectivity index (χ4n) is 2.72. The average molecular weight is 352 g/mol. The molecule has 0 radical (unpaired) electrons. The van der Waals surface area contributed by atoms with Gasteiger partial charge < -0.3 is 15.0 Å². The standard InChI is InChI=1S/C17H24N2O4S/c1-2-23-17(22)13-5-9-19(10-6-13)15(20)4-3-8-18-16(21)14-7-11-24-12-14/h7,11-13H,2-6,8-10H2,1H3,(H,18,21). The second kappa shape index (κ2) is 9.42. The van der Waals surface area contributed by atoms with Gasteiger partial charge in [0.2, 0.25) is 5.91 Å². The van der Waals surface area contributed by atoms with Crippen molar-refractivity contribution in [1.82, 2.24) is 10.2 Å². The normalized spacial score (nSPS) is 15.1. The summed E-state index contributed by atoms with van der Waals surface area (Å²) < 4.78 is 5.03. The number of hydrogen-bond donors (Lipinski definition) is 1. The molecule has 0 spiro atoms. The van der Waals surface area contributed by atoms with E-state index < -0.39 is 0 Å². The van der Waals surface area contributed by atoms with Crippen LogP contribution in [0.2, 0.25) is 0 Å². The first-order valence-electron chi connectivity index (χ1n) is 8.36. The van der Waals surface area contributed by atoms with Crippen LogP contribution in [0.4, 0.5) is 0 Å². The number of nitrogens with zero attached hydrogens (tertiary/aromatic N) is 1. The van der Waals surface area contributed by atoms with Crippen LogP contribution in [0, 0.1) is 5.92 Å². The van der Waals surface area contributed by atoms with Crippen LogP contribution in [-0.4, -0.2) is 48.9 Å². The van der Waals surface area contributed by atoms with E-state index in [0.29, 0.717) is 57.5 Å². The summed E-state index contributed by atoms with van der Waals surface area (Å²) in [6.07, 6.45) is 2.36. The SMILES string of the molecule is CCOC(=O)C1CCN(C(=O)CCCNC(=O)c2ccsc2)CC1. The van der Waals surface area contributed by atoms with E-state index in [0.717, 1.165) is 0 Å². The molecule has 1 aliphatic heterocycles. The van der Waals surface area contributed by atoms with Crippen LogP contribution in [0.3, 0.4) is 0 Å². The molecule has 6 nitrogen and oxygen atoms in total. The molecule has 0 unspecified atom stereocenters. The van der Waals surface area contributed by atoms with E-state index in [1.54, 1.807) is 23.3 Å². The Morgan fingerprint density at radius 1 is 1.33 bits per heavy atom. The summed E-state index contributed by atoms with van der Waals surface area (Å²) in [6, 6.07) is 1.78. The fraction of sp³-hybridized carbons (Fsp3) is 0.588. The molecule has 0 aromatic carbocycles. The summed E-state index contributed by atoms with van der Waals surface area (Å²) in [5.74, 6) is -0.249. The number of ether oxygens (including phenoxy) is 1. The summed E-state index contributed by atoms with van der Waals surface area (Å²) in [5, 5.41) is 6.47. The number of carbonyl (C=O) groups is 3. The predicted octanol–water partition coefficient (Wildman–Crippen LogP) is 2.06. The van der Waals surface area contributed by atoms with Gasteiger partial charge in [0.05, 0.1) is 12.5 Å². The lowest BCUT2D eigenvalue weighted by atomic mass is 9.97. The minimum Gasteiger partial charge on any atom is -0.466 e. The van der Waals surface area contributed by atoms with Gasteiger partial charge in [0.15, 0.2) is 0 Å². The number of likely N-dealkylation sites (tertiary alicyclic amines) is 1. The quantitative estimate of drug-likeness (QED) is 0.602. The first-order chi connectivity index (χ1) is 11.6. The Bertz CT molecular complexity index is 551.